The summed E-state index contributed by atoms with van der Waals surface area (Å²) in [4.78, 5) is 10.7. The highest BCUT2D eigenvalue weighted by Gasteiger charge is 2.27. The van der Waals surface area contributed by atoms with Crippen molar-refractivity contribution in [1.29, 1.82) is 0 Å². The Kier molecular flexibility index (Phi) is 3.63. The Morgan fingerprint density at radius 3 is 2.27 bits per heavy atom. The highest BCUT2D eigenvalue weighted by molar-refractivity contribution is 5.74. The van der Waals surface area contributed by atoms with Gasteiger partial charge in [0.1, 0.15) is 0 Å². The predicted octanol–water partition coefficient (Wildman–Crippen LogP) is 1.79. The third-order valence-electron chi connectivity index (χ3n) is 2.26. The third kappa shape index (κ3) is 2.67. The zero-order valence-electron chi connectivity index (χ0n) is 8.55. The van der Waals surface area contributed by atoms with Gasteiger partial charge in [-0.2, -0.15) is 0 Å². The van der Waals surface area contributed by atoms with Gasteiger partial charge in [0.25, 0.3) is 0 Å². The van der Waals surface area contributed by atoms with E-state index in [2.05, 4.69) is 6.58 Å². The molecule has 0 saturated heterocycles. The fraction of sp³-hybridized carbons (Fsp3) is 0.250. The predicted molar refractivity (Wildman–Crippen MR) is 57.6 cm³/mol. The summed E-state index contributed by atoms with van der Waals surface area (Å²) in [6.45, 7) is 5.42. The van der Waals surface area contributed by atoms with Crippen LogP contribution in [0.2, 0.25) is 0 Å². The molecule has 0 fully saturated rings. The van der Waals surface area contributed by atoms with E-state index >= 15 is 0 Å². The smallest absolute Gasteiger partial charge is 0.333 e. The number of carboxylic acids is 1. The first-order chi connectivity index (χ1) is 7.04. The normalized spacial score (nSPS) is 14.3. The van der Waals surface area contributed by atoms with Crippen LogP contribution in [-0.2, 0) is 4.79 Å². The van der Waals surface area contributed by atoms with Crippen LogP contribution in [0.3, 0.4) is 0 Å². The molecule has 0 saturated carbocycles. The van der Waals surface area contributed by atoms with Crippen LogP contribution >= 0.6 is 0 Å². The summed E-state index contributed by atoms with van der Waals surface area (Å²) in [7, 11) is 0. The van der Waals surface area contributed by atoms with E-state index in [0.29, 0.717) is 5.57 Å². The van der Waals surface area contributed by atoms with E-state index in [9.17, 15) is 9.90 Å². The van der Waals surface area contributed by atoms with Gasteiger partial charge in [-0.3, -0.25) is 0 Å². The van der Waals surface area contributed by atoms with Gasteiger partial charge in [0.05, 0.1) is 0 Å². The fourth-order valence-electron chi connectivity index (χ4n) is 1.54. The number of carboxylic acid groups (broad SMARTS) is 1. The van der Waals surface area contributed by atoms with Crippen molar-refractivity contribution in [2.24, 2.45) is 0 Å². The average Bonchev–Trinajstić information content (AvgIpc) is 2.18. The number of aliphatic hydroxyl groups excluding tert-OH is 1. The molecule has 1 aromatic carbocycles. The fourth-order valence-corrected chi connectivity index (χ4v) is 1.54. The van der Waals surface area contributed by atoms with Crippen LogP contribution in [0.1, 0.15) is 18.4 Å². The summed E-state index contributed by atoms with van der Waals surface area (Å²) in [5.41, 5.74) is 1.40. The maximum absolute atomic E-state index is 10.7. The molecular weight excluding hydrogens is 192 g/mol. The molecule has 0 bridgehead atoms. The SMILES string of the molecule is C=C(C)[C@H](c1ccccc1)[C@H](O)C(=O)O. The molecule has 0 aliphatic rings. The Morgan fingerprint density at radius 1 is 1.33 bits per heavy atom. The Labute approximate surface area is 88.7 Å². The lowest BCUT2D eigenvalue weighted by atomic mass is 9.88. The summed E-state index contributed by atoms with van der Waals surface area (Å²) in [6.07, 6.45) is -1.44. The van der Waals surface area contributed by atoms with Crippen molar-refractivity contribution >= 4 is 5.97 Å². The van der Waals surface area contributed by atoms with Crippen molar-refractivity contribution in [3.8, 4) is 0 Å². The van der Waals surface area contributed by atoms with E-state index < -0.39 is 18.0 Å². The highest BCUT2D eigenvalue weighted by atomic mass is 16.4. The van der Waals surface area contributed by atoms with Crippen molar-refractivity contribution in [2.45, 2.75) is 18.9 Å². The second-order valence-corrected chi connectivity index (χ2v) is 3.52. The molecule has 1 aromatic rings. The number of rotatable bonds is 4. The van der Waals surface area contributed by atoms with Crippen molar-refractivity contribution in [2.75, 3.05) is 0 Å². The molecule has 3 nitrogen and oxygen atoms in total. The van der Waals surface area contributed by atoms with Crippen LogP contribution in [-0.4, -0.2) is 22.3 Å². The van der Waals surface area contributed by atoms with Crippen LogP contribution in [0.5, 0.6) is 0 Å². The Hall–Kier alpha value is -1.61. The molecule has 0 aromatic heterocycles. The van der Waals surface area contributed by atoms with Crippen LogP contribution in [0.4, 0.5) is 0 Å². The quantitative estimate of drug-likeness (QED) is 0.738. The summed E-state index contributed by atoms with van der Waals surface area (Å²) in [6, 6.07) is 9.02. The van der Waals surface area contributed by atoms with Gasteiger partial charge in [-0.15, -0.1) is 0 Å². The lowest BCUT2D eigenvalue weighted by Crippen LogP contribution is -2.28. The van der Waals surface area contributed by atoms with E-state index in [4.69, 9.17) is 5.11 Å². The number of hydrogen-bond donors (Lipinski definition) is 2. The number of carbonyl (C=O) groups is 1. The largest absolute Gasteiger partial charge is 0.479 e. The van der Waals surface area contributed by atoms with Gasteiger partial charge in [-0.05, 0) is 12.5 Å². The van der Waals surface area contributed by atoms with E-state index in [1.165, 1.54) is 0 Å². The lowest BCUT2D eigenvalue weighted by Gasteiger charge is -2.20. The first-order valence-electron chi connectivity index (χ1n) is 4.65. The molecule has 15 heavy (non-hydrogen) atoms. The van der Waals surface area contributed by atoms with Gasteiger partial charge >= 0.3 is 5.97 Å². The minimum atomic E-state index is -1.44. The first-order valence-corrected chi connectivity index (χ1v) is 4.65. The number of aliphatic carboxylic acids is 1. The molecule has 0 radical (unpaired) electrons. The van der Waals surface area contributed by atoms with Gasteiger partial charge in [-0.1, -0.05) is 42.5 Å². The van der Waals surface area contributed by atoms with Crippen LogP contribution in [0.25, 0.3) is 0 Å². The zero-order valence-corrected chi connectivity index (χ0v) is 8.55. The molecule has 0 unspecified atom stereocenters. The standard InChI is InChI=1S/C12H14O3/c1-8(2)10(11(13)12(14)15)9-6-4-3-5-7-9/h3-7,10-11,13H,1H2,2H3,(H,14,15)/t10-,11+/m1/s1. The van der Waals surface area contributed by atoms with Crippen LogP contribution in [0.15, 0.2) is 42.5 Å². The van der Waals surface area contributed by atoms with Gasteiger partial charge in [0.15, 0.2) is 6.10 Å². The van der Waals surface area contributed by atoms with E-state index in [1.54, 1.807) is 31.2 Å². The molecule has 0 aliphatic carbocycles. The highest BCUT2D eigenvalue weighted by Crippen LogP contribution is 2.26. The Morgan fingerprint density at radius 2 is 1.87 bits per heavy atom. The number of benzene rings is 1. The van der Waals surface area contributed by atoms with Crippen molar-refractivity contribution < 1.29 is 15.0 Å². The second-order valence-electron chi connectivity index (χ2n) is 3.52. The Balaban J connectivity index is 3.04. The van der Waals surface area contributed by atoms with E-state index in [-0.39, 0.29) is 0 Å². The molecule has 2 atom stereocenters. The summed E-state index contributed by atoms with van der Waals surface area (Å²) < 4.78 is 0. The summed E-state index contributed by atoms with van der Waals surface area (Å²) in [5, 5.41) is 18.3. The second kappa shape index (κ2) is 4.75. The molecule has 80 valence electrons. The molecule has 3 heteroatoms. The van der Waals surface area contributed by atoms with Crippen LogP contribution < -0.4 is 0 Å². The summed E-state index contributed by atoms with van der Waals surface area (Å²) in [5.74, 6) is -1.78. The van der Waals surface area contributed by atoms with Crippen LogP contribution in [0, 0.1) is 0 Å². The van der Waals surface area contributed by atoms with Gasteiger partial charge in [0, 0.05) is 5.92 Å². The molecule has 0 heterocycles. The number of aliphatic hydroxyl groups is 1. The molecule has 2 N–H and O–H groups in total. The lowest BCUT2D eigenvalue weighted by molar-refractivity contribution is -0.147. The molecule has 0 spiro atoms. The third-order valence-corrected chi connectivity index (χ3v) is 2.26. The number of hydrogen-bond acceptors (Lipinski definition) is 2. The molecule has 1 rings (SSSR count). The van der Waals surface area contributed by atoms with Gasteiger partial charge in [0.2, 0.25) is 0 Å². The Bertz CT molecular complexity index is 356. The van der Waals surface area contributed by atoms with E-state index in [0.717, 1.165) is 5.56 Å². The summed E-state index contributed by atoms with van der Waals surface area (Å²) >= 11 is 0. The van der Waals surface area contributed by atoms with Gasteiger partial charge in [-0.25, -0.2) is 4.79 Å². The van der Waals surface area contributed by atoms with Crippen molar-refractivity contribution in [3.63, 3.8) is 0 Å². The maximum Gasteiger partial charge on any atom is 0.333 e. The van der Waals surface area contributed by atoms with Crippen molar-refractivity contribution in [1.82, 2.24) is 0 Å². The minimum Gasteiger partial charge on any atom is -0.479 e. The minimum absolute atomic E-state index is 0.552. The molecular formula is C12H14O3. The molecule has 0 amide bonds. The monoisotopic (exact) mass is 206 g/mol. The zero-order chi connectivity index (χ0) is 11.4. The maximum atomic E-state index is 10.7. The first kappa shape index (κ1) is 11.5. The van der Waals surface area contributed by atoms with Gasteiger partial charge < -0.3 is 10.2 Å². The average molecular weight is 206 g/mol. The van der Waals surface area contributed by atoms with Crippen molar-refractivity contribution in [3.05, 3.63) is 48.0 Å². The topological polar surface area (TPSA) is 57.5 Å². The van der Waals surface area contributed by atoms with E-state index in [1.807, 2.05) is 6.07 Å². The molecule has 0 aliphatic heterocycles.